The van der Waals surface area contributed by atoms with Crippen molar-refractivity contribution < 1.29 is 9.53 Å². The highest BCUT2D eigenvalue weighted by Gasteiger charge is 2.31. The number of aromatic nitrogens is 2. The average Bonchev–Trinajstić information content (AvgIpc) is 3.10. The highest BCUT2D eigenvalue weighted by Crippen LogP contribution is 2.42. The van der Waals surface area contributed by atoms with Crippen LogP contribution < -0.4 is 0 Å². The summed E-state index contributed by atoms with van der Waals surface area (Å²) >= 11 is 0. The molecule has 1 aromatic carbocycles. The van der Waals surface area contributed by atoms with Crippen molar-refractivity contribution in [1.29, 1.82) is 0 Å². The van der Waals surface area contributed by atoms with Crippen LogP contribution in [-0.2, 0) is 11.3 Å². The number of carbonyl (C=O) groups excluding carboxylic acids is 1. The maximum absolute atomic E-state index is 13.1. The van der Waals surface area contributed by atoms with E-state index in [0.29, 0.717) is 38.1 Å². The molecule has 1 aliphatic heterocycles. The van der Waals surface area contributed by atoms with E-state index in [0.717, 1.165) is 23.1 Å². The van der Waals surface area contributed by atoms with Gasteiger partial charge in [0.15, 0.2) is 0 Å². The maximum Gasteiger partial charge on any atom is 0.257 e. The smallest absolute Gasteiger partial charge is 0.257 e. The third-order valence-corrected chi connectivity index (χ3v) is 6.13. The molecule has 2 aromatic heterocycles. The van der Waals surface area contributed by atoms with E-state index in [2.05, 4.69) is 45.9 Å². The molecule has 2 fully saturated rings. The molecule has 144 valence electrons. The van der Waals surface area contributed by atoms with Crippen LogP contribution in [0.4, 0.5) is 0 Å². The molecule has 0 N–H and O–H groups in total. The maximum atomic E-state index is 13.1. The van der Waals surface area contributed by atoms with Gasteiger partial charge in [0.1, 0.15) is 5.52 Å². The SMILES string of the molecule is O=C(c1cn(CC2CC(c3ccccc3)C2)c2cccnc12)N1CCOCC1. The fraction of sp³-hybridized carbons (Fsp3) is 0.391. The van der Waals surface area contributed by atoms with E-state index in [4.69, 9.17) is 4.74 Å². The lowest BCUT2D eigenvalue weighted by atomic mass is 9.71. The first-order valence-corrected chi connectivity index (χ1v) is 10.2. The van der Waals surface area contributed by atoms with Gasteiger partial charge in [-0.2, -0.15) is 0 Å². The number of hydrogen-bond acceptors (Lipinski definition) is 3. The van der Waals surface area contributed by atoms with E-state index in [-0.39, 0.29) is 5.91 Å². The van der Waals surface area contributed by atoms with E-state index in [1.54, 1.807) is 6.20 Å². The van der Waals surface area contributed by atoms with Gasteiger partial charge in [0.05, 0.1) is 24.3 Å². The van der Waals surface area contributed by atoms with Crippen molar-refractivity contribution in [3.8, 4) is 0 Å². The first kappa shape index (κ1) is 17.4. The van der Waals surface area contributed by atoms with E-state index in [1.807, 2.05) is 17.2 Å². The summed E-state index contributed by atoms with van der Waals surface area (Å²) in [5.74, 6) is 1.38. The zero-order chi connectivity index (χ0) is 18.9. The fourth-order valence-corrected chi connectivity index (χ4v) is 4.53. The molecule has 5 nitrogen and oxygen atoms in total. The van der Waals surface area contributed by atoms with Crippen molar-refractivity contribution >= 4 is 16.9 Å². The van der Waals surface area contributed by atoms with Gasteiger partial charge in [-0.3, -0.25) is 9.78 Å². The second-order valence-electron chi connectivity index (χ2n) is 7.92. The molecule has 5 heteroatoms. The average molecular weight is 375 g/mol. The molecule has 5 rings (SSSR count). The molecule has 1 saturated carbocycles. The van der Waals surface area contributed by atoms with E-state index >= 15 is 0 Å². The van der Waals surface area contributed by atoms with Crippen molar-refractivity contribution in [3.05, 3.63) is 66.0 Å². The second kappa shape index (κ2) is 7.40. The number of rotatable bonds is 4. The van der Waals surface area contributed by atoms with Crippen LogP contribution in [-0.4, -0.2) is 46.7 Å². The molecule has 0 atom stereocenters. The number of hydrogen-bond donors (Lipinski definition) is 0. The van der Waals surface area contributed by atoms with Crippen molar-refractivity contribution in [3.63, 3.8) is 0 Å². The van der Waals surface area contributed by atoms with Crippen LogP contribution in [0.15, 0.2) is 54.9 Å². The number of benzene rings is 1. The summed E-state index contributed by atoms with van der Waals surface area (Å²) in [6.45, 7) is 3.48. The summed E-state index contributed by atoms with van der Waals surface area (Å²) < 4.78 is 7.62. The standard InChI is InChI=1S/C23H25N3O2/c27-23(25-9-11-28-12-10-25)20-16-26(21-7-4-8-24-22(20)21)15-17-13-19(14-17)18-5-2-1-3-6-18/h1-8,16-17,19H,9-15H2. The Kier molecular flexibility index (Phi) is 4.61. The van der Waals surface area contributed by atoms with Crippen LogP contribution in [0, 0.1) is 5.92 Å². The van der Waals surface area contributed by atoms with Crippen molar-refractivity contribution in [2.45, 2.75) is 25.3 Å². The van der Waals surface area contributed by atoms with E-state index in [9.17, 15) is 4.79 Å². The lowest BCUT2D eigenvalue weighted by Gasteiger charge is -2.36. The summed E-state index contributed by atoms with van der Waals surface area (Å²) in [6.07, 6.45) is 6.20. The highest BCUT2D eigenvalue weighted by molar-refractivity contribution is 6.05. The summed E-state index contributed by atoms with van der Waals surface area (Å²) in [7, 11) is 0. The molecule has 0 radical (unpaired) electrons. The Balaban J connectivity index is 1.35. The van der Waals surface area contributed by atoms with Crippen LogP contribution >= 0.6 is 0 Å². The Morgan fingerprint density at radius 2 is 1.86 bits per heavy atom. The normalized spacial score (nSPS) is 22.2. The van der Waals surface area contributed by atoms with Gasteiger partial charge in [-0.25, -0.2) is 0 Å². The van der Waals surface area contributed by atoms with Crippen molar-refractivity contribution in [2.24, 2.45) is 5.92 Å². The van der Waals surface area contributed by atoms with Gasteiger partial charge in [0.25, 0.3) is 5.91 Å². The highest BCUT2D eigenvalue weighted by atomic mass is 16.5. The van der Waals surface area contributed by atoms with Crippen LogP contribution in [0.25, 0.3) is 11.0 Å². The van der Waals surface area contributed by atoms with Gasteiger partial charge in [-0.1, -0.05) is 30.3 Å². The topological polar surface area (TPSA) is 47.4 Å². The summed E-state index contributed by atoms with van der Waals surface area (Å²) in [5, 5.41) is 0. The minimum atomic E-state index is 0.0709. The summed E-state index contributed by atoms with van der Waals surface area (Å²) in [4.78, 5) is 19.5. The van der Waals surface area contributed by atoms with Crippen molar-refractivity contribution in [1.82, 2.24) is 14.5 Å². The van der Waals surface area contributed by atoms with Crippen molar-refractivity contribution in [2.75, 3.05) is 26.3 Å². The van der Waals surface area contributed by atoms with Gasteiger partial charge in [0, 0.05) is 32.0 Å². The first-order valence-electron chi connectivity index (χ1n) is 10.2. The number of morpholine rings is 1. The molecule has 3 aromatic rings. The molecule has 1 amide bonds. The fourth-order valence-electron chi connectivity index (χ4n) is 4.53. The molecule has 1 aliphatic carbocycles. The largest absolute Gasteiger partial charge is 0.378 e. The lowest BCUT2D eigenvalue weighted by molar-refractivity contribution is 0.0304. The van der Waals surface area contributed by atoms with Gasteiger partial charge < -0.3 is 14.2 Å². The number of pyridine rings is 1. The number of carbonyl (C=O) groups is 1. The van der Waals surface area contributed by atoms with E-state index < -0.39 is 0 Å². The Hall–Kier alpha value is -2.66. The Bertz CT molecular complexity index is 970. The van der Waals surface area contributed by atoms with Gasteiger partial charge in [-0.15, -0.1) is 0 Å². The van der Waals surface area contributed by atoms with Crippen LogP contribution in [0.3, 0.4) is 0 Å². The zero-order valence-electron chi connectivity index (χ0n) is 16.0. The molecule has 1 saturated heterocycles. The Morgan fingerprint density at radius 1 is 1.07 bits per heavy atom. The van der Waals surface area contributed by atoms with Gasteiger partial charge in [0.2, 0.25) is 0 Å². The molecule has 28 heavy (non-hydrogen) atoms. The number of ether oxygens (including phenoxy) is 1. The van der Waals surface area contributed by atoms with E-state index in [1.165, 1.54) is 18.4 Å². The third-order valence-electron chi connectivity index (χ3n) is 6.13. The van der Waals surface area contributed by atoms with Gasteiger partial charge >= 0.3 is 0 Å². The Morgan fingerprint density at radius 3 is 2.64 bits per heavy atom. The van der Waals surface area contributed by atoms with Crippen LogP contribution in [0.5, 0.6) is 0 Å². The Labute approximate surface area is 164 Å². The van der Waals surface area contributed by atoms with Crippen LogP contribution in [0.2, 0.25) is 0 Å². The number of nitrogens with zero attached hydrogens (tertiary/aromatic N) is 3. The molecule has 0 unspecified atom stereocenters. The molecule has 3 heterocycles. The summed E-state index contributed by atoms with van der Waals surface area (Å²) in [5.41, 5.74) is 4.04. The zero-order valence-corrected chi connectivity index (χ0v) is 16.0. The molecule has 2 aliphatic rings. The molecular formula is C23H25N3O2. The molecule has 0 spiro atoms. The predicted octanol–water partition coefficient (Wildman–Crippen LogP) is 3.70. The van der Waals surface area contributed by atoms with Gasteiger partial charge in [-0.05, 0) is 42.4 Å². The second-order valence-corrected chi connectivity index (χ2v) is 7.92. The monoisotopic (exact) mass is 375 g/mol. The lowest BCUT2D eigenvalue weighted by Crippen LogP contribution is -2.40. The predicted molar refractivity (Wildman–Crippen MR) is 108 cm³/mol. The quantitative estimate of drug-likeness (QED) is 0.699. The summed E-state index contributed by atoms with van der Waals surface area (Å²) in [6, 6.07) is 14.8. The minimum Gasteiger partial charge on any atom is -0.378 e. The third kappa shape index (κ3) is 3.20. The number of fused-ring (bicyclic) bond motifs is 1. The van der Waals surface area contributed by atoms with Crippen LogP contribution in [0.1, 0.15) is 34.7 Å². The minimum absolute atomic E-state index is 0.0709. The number of amides is 1. The first-order chi connectivity index (χ1) is 13.8. The molecular weight excluding hydrogens is 350 g/mol. The molecule has 0 bridgehead atoms.